The van der Waals surface area contributed by atoms with E-state index >= 15 is 0 Å². The normalized spacial score (nSPS) is 17.6. The Morgan fingerprint density at radius 1 is 1.26 bits per heavy atom. The van der Waals surface area contributed by atoms with Crippen LogP contribution in [-0.4, -0.2) is 47.4 Å². The third-order valence-electron chi connectivity index (χ3n) is 3.62. The lowest BCUT2D eigenvalue weighted by atomic mass is 9.98. The Kier molecular flexibility index (Phi) is 5.16. The summed E-state index contributed by atoms with van der Waals surface area (Å²) in [6.07, 6.45) is 1.06. The van der Waals surface area contributed by atoms with Crippen molar-refractivity contribution in [2.24, 2.45) is 0 Å². The molecule has 0 fully saturated rings. The summed E-state index contributed by atoms with van der Waals surface area (Å²) in [4.78, 5) is 13.8. The lowest BCUT2D eigenvalue weighted by molar-refractivity contribution is -0.118. The molecule has 0 N–H and O–H groups in total. The van der Waals surface area contributed by atoms with E-state index in [1.807, 2.05) is 0 Å². The Labute approximate surface area is 136 Å². The maximum absolute atomic E-state index is 12.2. The molecule has 1 aliphatic heterocycles. The van der Waals surface area contributed by atoms with Crippen molar-refractivity contribution in [1.82, 2.24) is 0 Å². The highest BCUT2D eigenvalue weighted by atomic mass is 32.2. The van der Waals surface area contributed by atoms with Gasteiger partial charge in [0, 0.05) is 18.9 Å². The molecule has 1 aromatic rings. The fourth-order valence-corrected chi connectivity index (χ4v) is 3.30. The van der Waals surface area contributed by atoms with Gasteiger partial charge in [0.1, 0.15) is 0 Å². The van der Waals surface area contributed by atoms with Crippen molar-refractivity contribution >= 4 is 21.7 Å². The molecule has 0 saturated carbocycles. The molecule has 0 spiro atoms. The number of rotatable bonds is 5. The van der Waals surface area contributed by atoms with Crippen molar-refractivity contribution in [2.45, 2.75) is 25.9 Å². The van der Waals surface area contributed by atoms with Gasteiger partial charge in [0.2, 0.25) is 5.91 Å². The van der Waals surface area contributed by atoms with E-state index in [4.69, 9.17) is 13.7 Å². The second kappa shape index (κ2) is 6.76. The largest absolute Gasteiger partial charge is 0.493 e. The molecule has 1 aliphatic rings. The number of amides is 1. The standard InChI is InChI=1S/C15H21NO6S/c1-5-15(17)16-9-11(22-23(4,18)19)6-10-7-13(20-2)14(21-3)8-12(10)16/h7-8,11H,5-6,9H2,1-4H3/t11-/m1/s1. The molecule has 0 bridgehead atoms. The Balaban J connectivity index is 2.47. The average Bonchev–Trinajstić information content (AvgIpc) is 2.50. The van der Waals surface area contributed by atoms with Crippen molar-refractivity contribution in [3.05, 3.63) is 17.7 Å². The fourth-order valence-electron chi connectivity index (χ4n) is 2.68. The highest BCUT2D eigenvalue weighted by Gasteiger charge is 2.31. The first-order valence-corrected chi connectivity index (χ1v) is 9.04. The summed E-state index contributed by atoms with van der Waals surface area (Å²) in [6.45, 7) is 1.94. The van der Waals surface area contributed by atoms with Crippen LogP contribution in [0, 0.1) is 0 Å². The number of ether oxygens (including phenoxy) is 2. The van der Waals surface area contributed by atoms with Gasteiger partial charge >= 0.3 is 0 Å². The fraction of sp³-hybridized carbons (Fsp3) is 0.533. The number of methoxy groups -OCH3 is 2. The first-order valence-electron chi connectivity index (χ1n) is 7.22. The minimum atomic E-state index is -3.60. The molecule has 0 aliphatic carbocycles. The molecular formula is C15H21NO6S. The summed E-state index contributed by atoms with van der Waals surface area (Å²) in [5.74, 6) is 0.929. The maximum Gasteiger partial charge on any atom is 0.264 e. The van der Waals surface area contributed by atoms with Gasteiger partial charge in [0.25, 0.3) is 10.1 Å². The lowest BCUT2D eigenvalue weighted by Crippen LogP contribution is -2.44. The van der Waals surface area contributed by atoms with Gasteiger partial charge in [-0.25, -0.2) is 0 Å². The van der Waals surface area contributed by atoms with Gasteiger partial charge in [-0.2, -0.15) is 8.42 Å². The Morgan fingerprint density at radius 2 is 1.87 bits per heavy atom. The van der Waals surface area contributed by atoms with Crippen molar-refractivity contribution in [3.63, 3.8) is 0 Å². The van der Waals surface area contributed by atoms with Crippen LogP contribution in [0.5, 0.6) is 11.5 Å². The lowest BCUT2D eigenvalue weighted by Gasteiger charge is -2.34. The van der Waals surface area contributed by atoms with Crippen LogP contribution < -0.4 is 14.4 Å². The average molecular weight is 343 g/mol. The van der Waals surface area contributed by atoms with Crippen LogP contribution in [0.25, 0.3) is 0 Å². The number of hydrogen-bond donors (Lipinski definition) is 0. The van der Waals surface area contributed by atoms with Gasteiger partial charge in [0.05, 0.1) is 38.8 Å². The summed E-state index contributed by atoms with van der Waals surface area (Å²) in [7, 11) is -0.562. The van der Waals surface area contributed by atoms with Gasteiger partial charge < -0.3 is 14.4 Å². The topological polar surface area (TPSA) is 82.1 Å². The molecule has 1 atom stereocenters. The zero-order valence-corrected chi connectivity index (χ0v) is 14.5. The van der Waals surface area contributed by atoms with Crippen molar-refractivity contribution in [2.75, 3.05) is 31.9 Å². The highest BCUT2D eigenvalue weighted by molar-refractivity contribution is 7.86. The number of nitrogens with zero attached hydrogens (tertiary/aromatic N) is 1. The van der Waals surface area contributed by atoms with Gasteiger partial charge in [-0.1, -0.05) is 6.92 Å². The van der Waals surface area contributed by atoms with Crippen molar-refractivity contribution in [1.29, 1.82) is 0 Å². The van der Waals surface area contributed by atoms with Crippen LogP contribution in [-0.2, 0) is 25.5 Å². The van der Waals surface area contributed by atoms with Gasteiger partial charge in [-0.05, 0) is 11.6 Å². The molecule has 128 valence electrons. The van der Waals surface area contributed by atoms with Crippen molar-refractivity contribution in [3.8, 4) is 11.5 Å². The summed E-state index contributed by atoms with van der Waals surface area (Å²) >= 11 is 0. The third kappa shape index (κ3) is 3.94. The Morgan fingerprint density at radius 3 is 2.39 bits per heavy atom. The van der Waals surface area contributed by atoms with E-state index in [0.29, 0.717) is 30.0 Å². The first kappa shape index (κ1) is 17.6. The van der Waals surface area contributed by atoms with Gasteiger partial charge in [-0.15, -0.1) is 0 Å². The van der Waals surface area contributed by atoms with Crippen LogP contribution in [0.3, 0.4) is 0 Å². The quantitative estimate of drug-likeness (QED) is 0.751. The van der Waals surface area contributed by atoms with E-state index in [-0.39, 0.29) is 12.5 Å². The summed E-state index contributed by atoms with van der Waals surface area (Å²) in [6, 6.07) is 3.49. The molecule has 0 aromatic heterocycles. The van der Waals surface area contributed by atoms with E-state index in [9.17, 15) is 13.2 Å². The Hall–Kier alpha value is -1.80. The van der Waals surface area contributed by atoms with Crippen molar-refractivity contribution < 1.29 is 26.9 Å². The Bertz CT molecular complexity index is 700. The van der Waals surface area contributed by atoms with Gasteiger partial charge in [0.15, 0.2) is 11.5 Å². The minimum absolute atomic E-state index is 0.111. The third-order valence-corrected chi connectivity index (χ3v) is 4.25. The SMILES string of the molecule is CCC(=O)N1C[C@H](OS(C)(=O)=O)Cc2cc(OC)c(OC)cc21. The zero-order chi connectivity index (χ0) is 17.2. The molecule has 23 heavy (non-hydrogen) atoms. The number of fused-ring (bicyclic) bond motifs is 1. The molecule has 1 amide bonds. The van der Waals surface area contributed by atoms with E-state index in [1.54, 1.807) is 19.1 Å². The number of carbonyl (C=O) groups is 1. The predicted molar refractivity (Wildman–Crippen MR) is 85.6 cm³/mol. The molecule has 0 radical (unpaired) electrons. The second-order valence-electron chi connectivity index (χ2n) is 5.32. The van der Waals surface area contributed by atoms with Crippen LogP contribution in [0.1, 0.15) is 18.9 Å². The van der Waals surface area contributed by atoms with E-state index < -0.39 is 16.2 Å². The van der Waals surface area contributed by atoms with Crippen LogP contribution in [0.15, 0.2) is 12.1 Å². The molecule has 7 nitrogen and oxygen atoms in total. The monoisotopic (exact) mass is 343 g/mol. The molecule has 8 heteroatoms. The molecule has 0 unspecified atom stereocenters. The molecule has 1 aromatic carbocycles. The molecular weight excluding hydrogens is 322 g/mol. The van der Waals surface area contributed by atoms with Crippen LogP contribution >= 0.6 is 0 Å². The number of anilines is 1. The smallest absolute Gasteiger partial charge is 0.264 e. The highest BCUT2D eigenvalue weighted by Crippen LogP contribution is 2.38. The van der Waals surface area contributed by atoms with E-state index in [2.05, 4.69) is 0 Å². The van der Waals surface area contributed by atoms with E-state index in [1.165, 1.54) is 19.1 Å². The minimum Gasteiger partial charge on any atom is -0.493 e. The number of hydrogen-bond acceptors (Lipinski definition) is 6. The van der Waals surface area contributed by atoms with Crippen LogP contribution in [0.4, 0.5) is 5.69 Å². The second-order valence-corrected chi connectivity index (χ2v) is 6.92. The molecule has 2 rings (SSSR count). The molecule has 0 saturated heterocycles. The zero-order valence-electron chi connectivity index (χ0n) is 13.7. The first-order chi connectivity index (χ1) is 10.8. The van der Waals surface area contributed by atoms with Crippen LogP contribution in [0.2, 0.25) is 0 Å². The summed E-state index contributed by atoms with van der Waals surface area (Å²) < 4.78 is 38.5. The molecule has 1 heterocycles. The number of carbonyl (C=O) groups excluding carboxylic acids is 1. The predicted octanol–water partition coefficient (Wildman–Crippen LogP) is 1.35. The van der Waals surface area contributed by atoms with E-state index in [0.717, 1.165) is 11.8 Å². The van der Waals surface area contributed by atoms with Gasteiger partial charge in [-0.3, -0.25) is 8.98 Å². The summed E-state index contributed by atoms with van der Waals surface area (Å²) in [5, 5.41) is 0. The summed E-state index contributed by atoms with van der Waals surface area (Å²) in [5.41, 5.74) is 1.48. The number of benzene rings is 1. The maximum atomic E-state index is 12.2.